The Morgan fingerprint density at radius 2 is 1.67 bits per heavy atom. The lowest BCUT2D eigenvalue weighted by Gasteiger charge is -2.24. The molecule has 1 amide bonds. The number of rotatable bonds is 5. The Hall–Kier alpha value is -2.44. The molecule has 2 atom stereocenters. The van der Waals surface area contributed by atoms with Crippen LogP contribution in [0.5, 0.6) is 17.2 Å². The Morgan fingerprint density at radius 1 is 1.00 bits per heavy atom. The number of carboxylic acids is 1. The van der Waals surface area contributed by atoms with Crippen LogP contribution in [0.3, 0.4) is 0 Å². The zero-order chi connectivity index (χ0) is 19.6. The monoisotopic (exact) mass is 377 g/mol. The molecule has 1 aromatic rings. The number of carboxylic acid groups (broad SMARTS) is 1. The summed E-state index contributed by atoms with van der Waals surface area (Å²) in [6.45, 7) is 1.20. The largest absolute Gasteiger partial charge is 0.493 e. The summed E-state index contributed by atoms with van der Waals surface area (Å²) in [5.74, 6) is 0.552. The van der Waals surface area contributed by atoms with Gasteiger partial charge in [0.2, 0.25) is 11.7 Å². The number of aliphatic carboxylic acids is 1. The maximum Gasteiger partial charge on any atom is 0.306 e. The molecule has 3 rings (SSSR count). The average molecular weight is 377 g/mol. The van der Waals surface area contributed by atoms with Crippen LogP contribution in [0.25, 0.3) is 0 Å². The Bertz CT molecular complexity index is 732. The highest BCUT2D eigenvalue weighted by molar-refractivity contribution is 5.81. The van der Waals surface area contributed by atoms with Gasteiger partial charge < -0.3 is 24.2 Å². The van der Waals surface area contributed by atoms with Gasteiger partial charge in [-0.2, -0.15) is 0 Å². The summed E-state index contributed by atoms with van der Waals surface area (Å²) < 4.78 is 16.5. The van der Waals surface area contributed by atoms with Gasteiger partial charge >= 0.3 is 5.97 Å². The van der Waals surface area contributed by atoms with Gasteiger partial charge in [0.15, 0.2) is 11.5 Å². The smallest absolute Gasteiger partial charge is 0.306 e. The predicted molar refractivity (Wildman–Crippen MR) is 98.6 cm³/mol. The molecule has 0 saturated heterocycles. The number of carbonyl (C=O) groups is 2. The minimum Gasteiger partial charge on any atom is -0.493 e. The minimum absolute atomic E-state index is 0.0736. The summed E-state index contributed by atoms with van der Waals surface area (Å²) in [4.78, 5) is 26.0. The van der Waals surface area contributed by atoms with Gasteiger partial charge in [0.1, 0.15) is 0 Å². The standard InChI is InChI=1S/C20H27NO6/c1-25-16-11-12-6-8-21(9-7-15(12)17(26-2)18(16)27-3)19(22)13-4-5-14(10-13)20(23)24/h11,13-14H,4-10H2,1-3H3,(H,23,24)/t13-,14+/m1/s1. The zero-order valence-electron chi connectivity index (χ0n) is 16.1. The molecule has 27 heavy (non-hydrogen) atoms. The number of amides is 1. The second-order valence-electron chi connectivity index (χ2n) is 7.15. The number of fused-ring (bicyclic) bond motifs is 1. The van der Waals surface area contributed by atoms with Crippen LogP contribution in [0.4, 0.5) is 0 Å². The molecule has 0 radical (unpaired) electrons. The third-order valence-electron chi connectivity index (χ3n) is 5.75. The van der Waals surface area contributed by atoms with Gasteiger partial charge in [0.05, 0.1) is 27.2 Å². The van der Waals surface area contributed by atoms with Crippen LogP contribution in [-0.4, -0.2) is 56.3 Å². The van der Waals surface area contributed by atoms with Crippen LogP contribution >= 0.6 is 0 Å². The molecular weight excluding hydrogens is 350 g/mol. The van der Waals surface area contributed by atoms with Gasteiger partial charge in [-0.1, -0.05) is 0 Å². The average Bonchev–Trinajstić information content (AvgIpc) is 3.08. The lowest BCUT2D eigenvalue weighted by molar-refractivity contribution is -0.141. The Balaban J connectivity index is 1.78. The molecule has 7 heteroatoms. The van der Waals surface area contributed by atoms with Gasteiger partial charge in [-0.05, 0) is 43.7 Å². The van der Waals surface area contributed by atoms with Crippen molar-refractivity contribution in [3.05, 3.63) is 17.2 Å². The first-order valence-electron chi connectivity index (χ1n) is 9.32. The van der Waals surface area contributed by atoms with Crippen molar-refractivity contribution in [1.82, 2.24) is 4.90 Å². The maximum absolute atomic E-state index is 12.9. The van der Waals surface area contributed by atoms with Crippen LogP contribution < -0.4 is 14.2 Å². The second kappa shape index (κ2) is 8.06. The summed E-state index contributed by atoms with van der Waals surface area (Å²) in [6.07, 6.45) is 3.06. The van der Waals surface area contributed by atoms with Crippen LogP contribution in [0, 0.1) is 11.8 Å². The van der Waals surface area contributed by atoms with Gasteiger partial charge in [0, 0.05) is 24.6 Å². The highest BCUT2D eigenvalue weighted by atomic mass is 16.5. The molecule has 2 aliphatic rings. The van der Waals surface area contributed by atoms with Crippen molar-refractivity contribution in [3.8, 4) is 17.2 Å². The molecule has 1 heterocycles. The van der Waals surface area contributed by atoms with Crippen molar-refractivity contribution in [3.63, 3.8) is 0 Å². The maximum atomic E-state index is 12.9. The Labute approximate surface area is 159 Å². The Morgan fingerprint density at radius 3 is 2.26 bits per heavy atom. The molecule has 1 aliphatic carbocycles. The number of hydrogen-bond donors (Lipinski definition) is 1. The van der Waals surface area contributed by atoms with Gasteiger partial charge in [-0.3, -0.25) is 9.59 Å². The topological polar surface area (TPSA) is 85.3 Å². The van der Waals surface area contributed by atoms with E-state index in [-0.39, 0.29) is 11.8 Å². The van der Waals surface area contributed by atoms with E-state index in [1.807, 2.05) is 11.0 Å². The van der Waals surface area contributed by atoms with E-state index >= 15 is 0 Å². The lowest BCUT2D eigenvalue weighted by atomic mass is 10.0. The SMILES string of the molecule is COc1cc2c(c(OC)c1OC)CCN(C(=O)[C@@H]1CC[C@H](C(=O)O)C1)CC2. The van der Waals surface area contributed by atoms with E-state index in [1.165, 1.54) is 0 Å². The molecule has 0 unspecified atom stereocenters. The van der Waals surface area contributed by atoms with Gasteiger partial charge in [0.25, 0.3) is 0 Å². The van der Waals surface area contributed by atoms with E-state index in [1.54, 1.807) is 21.3 Å². The zero-order valence-corrected chi connectivity index (χ0v) is 16.1. The Kier molecular flexibility index (Phi) is 5.77. The fourth-order valence-electron chi connectivity index (χ4n) is 4.29. The van der Waals surface area contributed by atoms with E-state index in [9.17, 15) is 14.7 Å². The van der Waals surface area contributed by atoms with Crippen LogP contribution in [0.2, 0.25) is 0 Å². The van der Waals surface area contributed by atoms with Crippen molar-refractivity contribution in [2.75, 3.05) is 34.4 Å². The summed E-state index contributed by atoms with van der Waals surface area (Å²) in [5, 5.41) is 9.18. The number of methoxy groups -OCH3 is 3. The summed E-state index contributed by atoms with van der Waals surface area (Å²) in [5.41, 5.74) is 2.13. The highest BCUT2D eigenvalue weighted by Gasteiger charge is 2.36. The molecule has 1 aromatic carbocycles. The molecule has 0 spiro atoms. The molecule has 7 nitrogen and oxygen atoms in total. The quantitative estimate of drug-likeness (QED) is 0.846. The third kappa shape index (κ3) is 3.68. The molecule has 148 valence electrons. The van der Waals surface area contributed by atoms with Crippen molar-refractivity contribution < 1.29 is 28.9 Å². The number of carbonyl (C=O) groups excluding carboxylic acids is 1. The first kappa shape index (κ1) is 19.3. The fraction of sp³-hybridized carbons (Fsp3) is 0.600. The highest BCUT2D eigenvalue weighted by Crippen LogP contribution is 2.43. The first-order valence-corrected chi connectivity index (χ1v) is 9.32. The molecule has 1 fully saturated rings. The van der Waals surface area contributed by atoms with E-state index in [0.29, 0.717) is 62.4 Å². The van der Waals surface area contributed by atoms with Gasteiger partial charge in [-0.25, -0.2) is 0 Å². The number of hydrogen-bond acceptors (Lipinski definition) is 5. The summed E-state index contributed by atoms with van der Waals surface area (Å²) in [6, 6.07) is 1.96. The van der Waals surface area contributed by atoms with Gasteiger partial charge in [-0.15, -0.1) is 0 Å². The van der Waals surface area contributed by atoms with Crippen LogP contribution in [0.15, 0.2) is 6.07 Å². The van der Waals surface area contributed by atoms with Crippen LogP contribution in [0.1, 0.15) is 30.4 Å². The third-order valence-corrected chi connectivity index (χ3v) is 5.75. The number of benzene rings is 1. The van der Waals surface area contributed by atoms with Crippen LogP contribution in [-0.2, 0) is 22.4 Å². The normalized spacial score (nSPS) is 22.0. The van der Waals surface area contributed by atoms with E-state index in [2.05, 4.69) is 0 Å². The van der Waals surface area contributed by atoms with E-state index in [4.69, 9.17) is 14.2 Å². The molecule has 1 saturated carbocycles. The van der Waals surface area contributed by atoms with Crippen molar-refractivity contribution >= 4 is 11.9 Å². The van der Waals surface area contributed by atoms with Crippen molar-refractivity contribution in [2.24, 2.45) is 11.8 Å². The number of nitrogens with zero attached hydrogens (tertiary/aromatic N) is 1. The first-order chi connectivity index (χ1) is 13.0. The fourth-order valence-corrected chi connectivity index (χ4v) is 4.29. The molecule has 0 bridgehead atoms. The molecular formula is C20H27NO6. The second-order valence-corrected chi connectivity index (χ2v) is 7.15. The van der Waals surface area contributed by atoms with E-state index in [0.717, 1.165) is 11.1 Å². The predicted octanol–water partition coefficient (Wildman–Crippen LogP) is 2.14. The minimum atomic E-state index is -0.794. The van der Waals surface area contributed by atoms with Crippen molar-refractivity contribution in [1.29, 1.82) is 0 Å². The number of ether oxygens (including phenoxy) is 3. The molecule has 1 N–H and O–H groups in total. The van der Waals surface area contributed by atoms with Crippen molar-refractivity contribution in [2.45, 2.75) is 32.1 Å². The summed E-state index contributed by atoms with van der Waals surface area (Å²) >= 11 is 0. The summed E-state index contributed by atoms with van der Waals surface area (Å²) in [7, 11) is 4.78. The molecule has 0 aromatic heterocycles. The van der Waals surface area contributed by atoms with E-state index < -0.39 is 11.9 Å². The molecule has 1 aliphatic heterocycles. The lowest BCUT2D eigenvalue weighted by Crippen LogP contribution is -2.37.